The van der Waals surface area contributed by atoms with Gasteiger partial charge in [0.15, 0.2) is 11.6 Å². The number of halogens is 4. The molecule has 0 aliphatic carbocycles. The molecule has 1 unspecified atom stereocenters. The maximum Gasteiger partial charge on any atom is 0.325 e. The highest BCUT2D eigenvalue weighted by Crippen LogP contribution is 2.24. The van der Waals surface area contributed by atoms with Crippen LogP contribution in [0.5, 0.6) is 0 Å². The molecule has 1 aromatic heterocycles. The molecule has 0 spiro atoms. The standard InChI is InChI=1S/C17H14ClF3N4O2/c1-24-12(8-25(17(24)27)10-4-5-22-13(20)6-10)16(26)23-7-9-2-3-11(19)15(21)14(9)18/h2-6,12H,7-8H2,1H3,(H,23,26). The van der Waals surface area contributed by atoms with Crippen LogP contribution in [0.2, 0.25) is 5.02 Å². The molecule has 1 fully saturated rings. The number of pyridine rings is 1. The van der Waals surface area contributed by atoms with Crippen molar-refractivity contribution in [2.75, 3.05) is 18.5 Å². The number of aromatic nitrogens is 1. The highest BCUT2D eigenvalue weighted by molar-refractivity contribution is 6.31. The minimum absolute atomic E-state index is 0.00384. The zero-order chi connectivity index (χ0) is 19.7. The Bertz CT molecular complexity index is 912. The minimum atomic E-state index is -1.19. The molecule has 1 atom stereocenters. The Hall–Kier alpha value is -2.81. The van der Waals surface area contributed by atoms with Crippen LogP contribution >= 0.6 is 11.6 Å². The van der Waals surface area contributed by atoms with Crippen LogP contribution in [0.15, 0.2) is 30.5 Å². The molecule has 142 valence electrons. The third-order valence-corrected chi connectivity index (χ3v) is 4.66. The van der Waals surface area contributed by atoms with Crippen LogP contribution in [0, 0.1) is 17.6 Å². The number of hydrogen-bond acceptors (Lipinski definition) is 3. The molecule has 0 radical (unpaired) electrons. The monoisotopic (exact) mass is 398 g/mol. The fourth-order valence-corrected chi connectivity index (χ4v) is 2.95. The second-order valence-corrected chi connectivity index (χ2v) is 6.29. The van der Waals surface area contributed by atoms with E-state index in [1.54, 1.807) is 0 Å². The molecule has 2 aromatic rings. The number of amides is 3. The van der Waals surface area contributed by atoms with Gasteiger partial charge in [-0.2, -0.15) is 4.39 Å². The third kappa shape index (κ3) is 3.68. The summed E-state index contributed by atoms with van der Waals surface area (Å²) in [6.07, 6.45) is 1.22. The molecule has 1 saturated heterocycles. The quantitative estimate of drug-likeness (QED) is 0.636. The number of carbonyl (C=O) groups excluding carboxylic acids is 2. The lowest BCUT2D eigenvalue weighted by Gasteiger charge is -2.17. The Kier molecular flexibility index (Phi) is 5.22. The van der Waals surface area contributed by atoms with Crippen LogP contribution < -0.4 is 10.2 Å². The van der Waals surface area contributed by atoms with Gasteiger partial charge in [-0.15, -0.1) is 0 Å². The van der Waals surface area contributed by atoms with E-state index in [0.29, 0.717) is 0 Å². The van der Waals surface area contributed by atoms with Crippen molar-refractivity contribution in [1.29, 1.82) is 0 Å². The van der Waals surface area contributed by atoms with Gasteiger partial charge < -0.3 is 10.2 Å². The van der Waals surface area contributed by atoms with Crippen molar-refractivity contribution in [1.82, 2.24) is 15.2 Å². The van der Waals surface area contributed by atoms with Crippen LogP contribution in [0.1, 0.15) is 5.56 Å². The van der Waals surface area contributed by atoms with Gasteiger partial charge in [0.1, 0.15) is 6.04 Å². The lowest BCUT2D eigenvalue weighted by atomic mass is 10.2. The zero-order valence-electron chi connectivity index (χ0n) is 14.0. The first-order valence-electron chi connectivity index (χ1n) is 7.85. The average Bonchev–Trinajstić information content (AvgIpc) is 2.94. The topological polar surface area (TPSA) is 65.5 Å². The van der Waals surface area contributed by atoms with Gasteiger partial charge in [0.05, 0.1) is 17.3 Å². The Morgan fingerprint density at radius 2 is 2.07 bits per heavy atom. The molecule has 6 nitrogen and oxygen atoms in total. The van der Waals surface area contributed by atoms with Crippen molar-refractivity contribution < 1.29 is 22.8 Å². The summed E-state index contributed by atoms with van der Waals surface area (Å²) in [4.78, 5) is 30.7. The van der Waals surface area contributed by atoms with Gasteiger partial charge >= 0.3 is 6.03 Å². The molecule has 2 heterocycles. The van der Waals surface area contributed by atoms with Crippen molar-refractivity contribution in [3.63, 3.8) is 0 Å². The summed E-state index contributed by atoms with van der Waals surface area (Å²) < 4.78 is 39.9. The number of rotatable bonds is 4. The molecule has 1 aliphatic heterocycles. The van der Waals surface area contributed by atoms with Gasteiger partial charge in [0, 0.05) is 25.9 Å². The Labute approximate surface area is 157 Å². The second kappa shape index (κ2) is 7.43. The molecule has 1 aromatic carbocycles. The third-order valence-electron chi connectivity index (χ3n) is 4.25. The number of urea groups is 1. The van der Waals surface area contributed by atoms with Crippen molar-refractivity contribution in [3.8, 4) is 0 Å². The van der Waals surface area contributed by atoms with Crippen LogP contribution in [0.3, 0.4) is 0 Å². The van der Waals surface area contributed by atoms with E-state index >= 15 is 0 Å². The highest BCUT2D eigenvalue weighted by Gasteiger charge is 2.39. The van der Waals surface area contributed by atoms with E-state index in [1.165, 1.54) is 35.2 Å². The molecule has 27 heavy (non-hydrogen) atoms. The number of likely N-dealkylation sites (N-methyl/N-ethyl adjacent to an activating group) is 1. The highest BCUT2D eigenvalue weighted by atomic mass is 35.5. The van der Waals surface area contributed by atoms with Crippen LogP contribution in [-0.2, 0) is 11.3 Å². The van der Waals surface area contributed by atoms with Crippen LogP contribution in [-0.4, -0.2) is 41.5 Å². The summed E-state index contributed by atoms with van der Waals surface area (Å²) in [6.45, 7) is -0.145. The van der Waals surface area contributed by atoms with Crippen LogP contribution in [0.25, 0.3) is 0 Å². The first-order valence-corrected chi connectivity index (χ1v) is 8.23. The van der Waals surface area contributed by atoms with Crippen molar-refractivity contribution >= 4 is 29.2 Å². The zero-order valence-corrected chi connectivity index (χ0v) is 14.8. The predicted octanol–water partition coefficient (Wildman–Crippen LogP) is 2.71. The summed E-state index contributed by atoms with van der Waals surface area (Å²) in [5.41, 5.74) is 0.474. The summed E-state index contributed by atoms with van der Waals surface area (Å²) in [6, 6.07) is 3.39. The second-order valence-electron chi connectivity index (χ2n) is 5.91. The number of benzene rings is 1. The fourth-order valence-electron chi connectivity index (χ4n) is 2.73. The van der Waals surface area contributed by atoms with Gasteiger partial charge in [0.25, 0.3) is 0 Å². The lowest BCUT2D eigenvalue weighted by molar-refractivity contribution is -0.124. The summed E-state index contributed by atoms with van der Waals surface area (Å²) in [7, 11) is 1.44. The fraction of sp³-hybridized carbons (Fsp3) is 0.235. The molecule has 10 heteroatoms. The van der Waals surface area contributed by atoms with Gasteiger partial charge in [-0.3, -0.25) is 9.69 Å². The Balaban J connectivity index is 1.70. The van der Waals surface area contributed by atoms with Crippen LogP contribution in [0.4, 0.5) is 23.7 Å². The van der Waals surface area contributed by atoms with Gasteiger partial charge in [-0.1, -0.05) is 17.7 Å². The van der Waals surface area contributed by atoms with Crippen molar-refractivity contribution in [2.24, 2.45) is 0 Å². The molecule has 3 rings (SSSR count). The SMILES string of the molecule is CN1C(=O)N(c2ccnc(F)c2)CC1C(=O)NCc1ccc(F)c(F)c1Cl. The van der Waals surface area contributed by atoms with E-state index in [4.69, 9.17) is 11.6 Å². The minimum Gasteiger partial charge on any atom is -0.350 e. The van der Waals surface area contributed by atoms with E-state index in [-0.39, 0.29) is 24.3 Å². The van der Waals surface area contributed by atoms with E-state index < -0.39 is 40.6 Å². The van der Waals surface area contributed by atoms with Gasteiger partial charge in [0.2, 0.25) is 11.9 Å². The molecule has 3 amide bonds. The molecular weight excluding hydrogens is 385 g/mol. The molecule has 0 saturated carbocycles. The van der Waals surface area contributed by atoms with E-state index in [1.807, 2.05) is 0 Å². The first kappa shape index (κ1) is 19.0. The number of carbonyl (C=O) groups is 2. The average molecular weight is 399 g/mol. The largest absolute Gasteiger partial charge is 0.350 e. The maximum atomic E-state index is 13.5. The van der Waals surface area contributed by atoms with E-state index in [2.05, 4.69) is 10.3 Å². The van der Waals surface area contributed by atoms with E-state index in [9.17, 15) is 22.8 Å². The number of anilines is 1. The summed E-state index contributed by atoms with van der Waals surface area (Å²) in [5.74, 6) is -3.54. The smallest absolute Gasteiger partial charge is 0.325 e. The summed E-state index contributed by atoms with van der Waals surface area (Å²) in [5, 5.41) is 2.13. The predicted molar refractivity (Wildman–Crippen MR) is 91.7 cm³/mol. The van der Waals surface area contributed by atoms with Crippen molar-refractivity contribution in [3.05, 3.63) is 58.6 Å². The van der Waals surface area contributed by atoms with Crippen molar-refractivity contribution in [2.45, 2.75) is 12.6 Å². The van der Waals surface area contributed by atoms with Gasteiger partial charge in [-0.25, -0.2) is 18.6 Å². The molecule has 1 N–H and O–H groups in total. The first-order chi connectivity index (χ1) is 12.8. The number of nitrogens with zero attached hydrogens (tertiary/aromatic N) is 3. The number of nitrogens with one attached hydrogen (secondary N) is 1. The number of hydrogen-bond donors (Lipinski definition) is 1. The molecule has 0 bridgehead atoms. The Morgan fingerprint density at radius 3 is 2.78 bits per heavy atom. The lowest BCUT2D eigenvalue weighted by Crippen LogP contribution is -2.43. The Morgan fingerprint density at radius 1 is 1.33 bits per heavy atom. The normalized spacial score (nSPS) is 16.8. The molecule has 1 aliphatic rings. The van der Waals surface area contributed by atoms with Gasteiger partial charge in [-0.05, 0) is 17.7 Å². The maximum absolute atomic E-state index is 13.5. The van der Waals surface area contributed by atoms with E-state index in [0.717, 1.165) is 12.1 Å². The summed E-state index contributed by atoms with van der Waals surface area (Å²) >= 11 is 5.73. The molecular formula is C17H14ClF3N4O2.